The number of aromatic hydroxyl groups is 1. The van der Waals surface area contributed by atoms with E-state index >= 15 is 0 Å². The van der Waals surface area contributed by atoms with Crippen LogP contribution in [0.4, 0.5) is 0 Å². The Balaban J connectivity index is 1.59. The van der Waals surface area contributed by atoms with Gasteiger partial charge in [-0.1, -0.05) is 37.3 Å². The van der Waals surface area contributed by atoms with Gasteiger partial charge < -0.3 is 15.2 Å². The molecule has 0 spiro atoms. The maximum Gasteiger partial charge on any atom is 0.337 e. The Hall–Kier alpha value is -3.34. The average Bonchev–Trinajstić information content (AvgIpc) is 3.35. The van der Waals surface area contributed by atoms with E-state index in [4.69, 9.17) is 4.74 Å². The first kappa shape index (κ1) is 24.4. The van der Waals surface area contributed by atoms with Gasteiger partial charge in [-0.05, 0) is 92.7 Å². The molecule has 0 amide bonds. The van der Waals surface area contributed by atoms with Crippen LogP contribution in [-0.2, 0) is 14.3 Å². The molecule has 2 unspecified atom stereocenters. The van der Waals surface area contributed by atoms with E-state index in [0.29, 0.717) is 30.4 Å². The van der Waals surface area contributed by atoms with Gasteiger partial charge in [0.1, 0.15) is 11.9 Å². The second-order valence-corrected chi connectivity index (χ2v) is 10.4. The minimum absolute atomic E-state index is 0.0473. The van der Waals surface area contributed by atoms with Crippen molar-refractivity contribution in [2.45, 2.75) is 83.7 Å². The lowest BCUT2D eigenvalue weighted by atomic mass is 9.70. The number of hydrogen-bond donors (Lipinski definition) is 2. The number of rotatable bonds is 5. The molecule has 36 heavy (non-hydrogen) atoms. The number of Topliss-reactive ketones (excluding diaryl/α,β-unsaturated/α-hetero) is 1. The zero-order valence-electron chi connectivity index (χ0n) is 21.4. The number of ether oxygens (including phenoxy) is 1. The smallest absolute Gasteiger partial charge is 0.337 e. The van der Waals surface area contributed by atoms with Crippen LogP contribution >= 0.6 is 0 Å². The summed E-state index contributed by atoms with van der Waals surface area (Å²) in [6, 6.07) is 13.2. The van der Waals surface area contributed by atoms with Crippen molar-refractivity contribution >= 4 is 11.8 Å². The summed E-state index contributed by atoms with van der Waals surface area (Å²) in [5, 5.41) is 13.8. The van der Waals surface area contributed by atoms with E-state index in [-0.39, 0.29) is 29.5 Å². The summed E-state index contributed by atoms with van der Waals surface area (Å²) in [6.07, 6.45) is 5.55. The van der Waals surface area contributed by atoms with Crippen LogP contribution in [0.2, 0.25) is 0 Å². The topological polar surface area (TPSA) is 75.6 Å². The highest BCUT2D eigenvalue weighted by Crippen LogP contribution is 2.47. The lowest BCUT2D eigenvalue weighted by Crippen LogP contribution is -2.37. The molecule has 0 saturated heterocycles. The van der Waals surface area contributed by atoms with E-state index in [0.717, 1.165) is 42.6 Å². The molecule has 2 aliphatic carbocycles. The molecule has 0 radical (unpaired) electrons. The lowest BCUT2D eigenvalue weighted by Gasteiger charge is -2.38. The summed E-state index contributed by atoms with van der Waals surface area (Å²) in [4.78, 5) is 27.5. The Morgan fingerprint density at radius 2 is 1.75 bits per heavy atom. The monoisotopic (exact) mass is 485 g/mol. The van der Waals surface area contributed by atoms with Crippen molar-refractivity contribution in [2.75, 3.05) is 0 Å². The summed E-state index contributed by atoms with van der Waals surface area (Å²) in [7, 11) is 0. The molecule has 0 bridgehead atoms. The molecular formula is C31H35NO4. The number of aryl methyl sites for hydroxylation is 2. The minimum Gasteiger partial charge on any atom is -0.508 e. The van der Waals surface area contributed by atoms with Gasteiger partial charge in [0.05, 0.1) is 5.57 Å². The molecule has 1 saturated carbocycles. The molecule has 5 rings (SSSR count). The normalized spacial score (nSPS) is 22.5. The first-order valence-electron chi connectivity index (χ1n) is 13.2. The van der Waals surface area contributed by atoms with Gasteiger partial charge in [0.2, 0.25) is 0 Å². The van der Waals surface area contributed by atoms with E-state index in [1.807, 2.05) is 13.0 Å². The molecule has 2 aromatic rings. The number of hydrogen-bond acceptors (Lipinski definition) is 5. The highest BCUT2D eigenvalue weighted by molar-refractivity contribution is 6.04. The summed E-state index contributed by atoms with van der Waals surface area (Å²) in [5.74, 6) is -0.656. The van der Waals surface area contributed by atoms with Gasteiger partial charge >= 0.3 is 5.97 Å². The Labute approximate surface area is 213 Å². The van der Waals surface area contributed by atoms with Crippen LogP contribution < -0.4 is 5.32 Å². The predicted octanol–water partition coefficient (Wildman–Crippen LogP) is 6.25. The predicted molar refractivity (Wildman–Crippen MR) is 140 cm³/mol. The second kappa shape index (κ2) is 9.96. The Morgan fingerprint density at radius 1 is 1.06 bits per heavy atom. The van der Waals surface area contributed by atoms with E-state index in [9.17, 15) is 14.7 Å². The Morgan fingerprint density at radius 3 is 2.42 bits per heavy atom. The zero-order valence-corrected chi connectivity index (χ0v) is 21.4. The molecule has 5 heteroatoms. The summed E-state index contributed by atoms with van der Waals surface area (Å²) >= 11 is 0. The molecule has 0 aromatic heterocycles. The van der Waals surface area contributed by atoms with E-state index in [1.165, 1.54) is 16.7 Å². The fraction of sp³-hybridized carbons (Fsp3) is 0.419. The minimum atomic E-state index is -0.552. The molecule has 2 N–H and O–H groups in total. The van der Waals surface area contributed by atoms with Gasteiger partial charge in [-0.15, -0.1) is 0 Å². The highest BCUT2D eigenvalue weighted by Gasteiger charge is 2.42. The number of carbonyl (C=O) groups is 2. The van der Waals surface area contributed by atoms with Crippen LogP contribution in [0.1, 0.15) is 86.0 Å². The van der Waals surface area contributed by atoms with Crippen LogP contribution in [0, 0.1) is 13.8 Å². The molecule has 1 heterocycles. The highest BCUT2D eigenvalue weighted by atomic mass is 16.5. The van der Waals surface area contributed by atoms with Crippen LogP contribution in [-0.4, -0.2) is 23.0 Å². The number of nitrogens with one attached hydrogen (secondary N) is 1. The fourth-order valence-corrected chi connectivity index (χ4v) is 6.41. The number of ketones is 1. The molecule has 188 valence electrons. The SMILES string of the molecule is CCC1=C(C(=O)OC2CCCC2)C(c2cccc(O)c2)C2=C(CC(c3c(C)cccc3C)CC2=O)N1. The Bertz CT molecular complexity index is 1240. The fourth-order valence-electron chi connectivity index (χ4n) is 6.41. The van der Waals surface area contributed by atoms with E-state index in [1.54, 1.807) is 18.2 Å². The van der Waals surface area contributed by atoms with Gasteiger partial charge in [-0.25, -0.2) is 4.79 Å². The van der Waals surface area contributed by atoms with Crippen molar-refractivity contribution in [1.29, 1.82) is 0 Å². The number of benzene rings is 2. The standard InChI is InChI=1S/C31H35NO4/c1-4-24-30(31(35)36-23-13-5-6-14-23)28(20-11-8-12-22(33)15-20)29-25(32-24)16-21(17-26(29)34)27-18(2)9-7-10-19(27)3/h7-12,15,21,23,28,32-33H,4-6,13-14,16-17H2,1-3H3. The summed E-state index contributed by atoms with van der Waals surface area (Å²) in [6.45, 7) is 6.23. The molecule has 1 aliphatic heterocycles. The maximum absolute atomic E-state index is 13.9. The van der Waals surface area contributed by atoms with Gasteiger partial charge in [-0.3, -0.25) is 4.79 Å². The van der Waals surface area contributed by atoms with Crippen molar-refractivity contribution < 1.29 is 19.4 Å². The van der Waals surface area contributed by atoms with Crippen molar-refractivity contribution in [3.05, 3.63) is 87.3 Å². The number of dihydropyridines is 1. The summed E-state index contributed by atoms with van der Waals surface area (Å²) in [5.41, 5.74) is 7.22. The van der Waals surface area contributed by atoms with Gasteiger partial charge in [0.25, 0.3) is 0 Å². The number of carbonyl (C=O) groups excluding carboxylic acids is 2. The second-order valence-electron chi connectivity index (χ2n) is 10.4. The quantitative estimate of drug-likeness (QED) is 0.490. The molecule has 1 fully saturated rings. The third-order valence-corrected chi connectivity index (χ3v) is 8.02. The molecule has 2 aromatic carbocycles. The van der Waals surface area contributed by atoms with Crippen molar-refractivity contribution in [2.24, 2.45) is 0 Å². The van der Waals surface area contributed by atoms with Crippen LogP contribution in [0.3, 0.4) is 0 Å². The summed E-state index contributed by atoms with van der Waals surface area (Å²) < 4.78 is 5.97. The van der Waals surface area contributed by atoms with Gasteiger partial charge in [0, 0.05) is 29.3 Å². The van der Waals surface area contributed by atoms with Gasteiger partial charge in [0.15, 0.2) is 5.78 Å². The zero-order chi connectivity index (χ0) is 25.4. The average molecular weight is 486 g/mol. The van der Waals surface area contributed by atoms with Crippen LogP contribution in [0.15, 0.2) is 65.0 Å². The number of phenolic OH excluding ortho intramolecular Hbond substituents is 1. The molecule has 2 atom stereocenters. The Kier molecular flexibility index (Phi) is 6.74. The first-order chi connectivity index (χ1) is 17.4. The van der Waals surface area contributed by atoms with Crippen LogP contribution in [0.25, 0.3) is 0 Å². The number of phenols is 1. The largest absolute Gasteiger partial charge is 0.508 e. The lowest BCUT2D eigenvalue weighted by molar-refractivity contribution is -0.144. The van der Waals surface area contributed by atoms with E-state index in [2.05, 4.69) is 37.4 Å². The van der Waals surface area contributed by atoms with E-state index < -0.39 is 5.92 Å². The molecular weight excluding hydrogens is 450 g/mol. The van der Waals surface area contributed by atoms with Crippen molar-refractivity contribution in [3.8, 4) is 5.75 Å². The number of esters is 1. The van der Waals surface area contributed by atoms with Gasteiger partial charge in [-0.2, -0.15) is 0 Å². The third-order valence-electron chi connectivity index (χ3n) is 8.02. The van der Waals surface area contributed by atoms with Crippen molar-refractivity contribution in [1.82, 2.24) is 5.32 Å². The third kappa shape index (κ3) is 4.47. The van der Waals surface area contributed by atoms with Crippen molar-refractivity contribution in [3.63, 3.8) is 0 Å². The molecule has 3 aliphatic rings. The van der Waals surface area contributed by atoms with Crippen LogP contribution in [0.5, 0.6) is 5.75 Å². The maximum atomic E-state index is 13.9. The first-order valence-corrected chi connectivity index (χ1v) is 13.2. The number of allylic oxidation sites excluding steroid dienone is 3. The molecule has 5 nitrogen and oxygen atoms in total.